The molecule has 0 saturated carbocycles. The Bertz CT molecular complexity index is 734. The molecule has 2 aromatic heterocycles. The summed E-state index contributed by atoms with van der Waals surface area (Å²) in [7, 11) is 0. The first-order chi connectivity index (χ1) is 9.58. The quantitative estimate of drug-likeness (QED) is 0.778. The summed E-state index contributed by atoms with van der Waals surface area (Å²) < 4.78 is 1.43. The molecule has 2 aromatic rings. The van der Waals surface area contributed by atoms with E-state index in [-0.39, 0.29) is 18.2 Å². The van der Waals surface area contributed by atoms with Gasteiger partial charge in [0.25, 0.3) is 0 Å². The van der Waals surface area contributed by atoms with Crippen LogP contribution in [0.2, 0.25) is 0 Å². The molecule has 1 saturated heterocycles. The smallest absolute Gasteiger partial charge is 0.372 e. The van der Waals surface area contributed by atoms with Gasteiger partial charge >= 0.3 is 5.97 Å². The summed E-state index contributed by atoms with van der Waals surface area (Å²) in [5.41, 5.74) is 0.965. The van der Waals surface area contributed by atoms with Gasteiger partial charge in [-0.05, 0) is 18.6 Å². The fourth-order valence-corrected chi connectivity index (χ4v) is 2.42. The first-order valence-corrected chi connectivity index (χ1v) is 6.12. The molecule has 7 heteroatoms. The Hall–Kier alpha value is -2.70. The lowest BCUT2D eigenvalue weighted by atomic mass is 9.94. The predicted octanol–water partition coefficient (Wildman–Crippen LogP) is 0.553. The van der Waals surface area contributed by atoms with Crippen molar-refractivity contribution in [2.75, 3.05) is 0 Å². The van der Waals surface area contributed by atoms with Gasteiger partial charge in [-0.3, -0.25) is 19.3 Å². The molecule has 0 spiro atoms. The zero-order valence-corrected chi connectivity index (χ0v) is 10.4. The van der Waals surface area contributed by atoms with Crippen LogP contribution in [0.4, 0.5) is 0 Å². The maximum atomic E-state index is 11.9. The maximum absolute atomic E-state index is 11.9. The molecule has 1 aliphatic rings. The monoisotopic (exact) mass is 273 g/mol. The number of imide groups is 1. The van der Waals surface area contributed by atoms with Gasteiger partial charge in [-0.15, -0.1) is 0 Å². The van der Waals surface area contributed by atoms with Crippen molar-refractivity contribution in [3.05, 3.63) is 35.9 Å². The molecule has 1 unspecified atom stereocenters. The van der Waals surface area contributed by atoms with Crippen LogP contribution in [0.25, 0.3) is 5.52 Å². The van der Waals surface area contributed by atoms with E-state index >= 15 is 0 Å². The fourth-order valence-electron chi connectivity index (χ4n) is 2.42. The highest BCUT2D eigenvalue weighted by Crippen LogP contribution is 2.28. The number of piperidine rings is 1. The first-order valence-electron chi connectivity index (χ1n) is 6.12. The number of rotatable bonds is 2. The van der Waals surface area contributed by atoms with Crippen LogP contribution >= 0.6 is 0 Å². The van der Waals surface area contributed by atoms with E-state index < -0.39 is 17.8 Å². The Morgan fingerprint density at radius 3 is 2.90 bits per heavy atom. The minimum atomic E-state index is -1.16. The van der Waals surface area contributed by atoms with Gasteiger partial charge in [0.05, 0.1) is 17.1 Å². The fraction of sp³-hybridized carbons (Fsp3) is 0.231. The van der Waals surface area contributed by atoms with E-state index in [1.807, 2.05) is 0 Å². The average molecular weight is 273 g/mol. The molecular weight excluding hydrogens is 262 g/mol. The Morgan fingerprint density at radius 2 is 2.20 bits per heavy atom. The number of amides is 2. The van der Waals surface area contributed by atoms with Crippen LogP contribution in [0.1, 0.15) is 35.1 Å². The van der Waals surface area contributed by atoms with E-state index in [1.165, 1.54) is 4.40 Å². The number of nitrogens with zero attached hydrogens (tertiary/aromatic N) is 2. The van der Waals surface area contributed by atoms with E-state index in [0.29, 0.717) is 17.6 Å². The van der Waals surface area contributed by atoms with Crippen molar-refractivity contribution in [2.45, 2.75) is 18.8 Å². The van der Waals surface area contributed by atoms with Crippen molar-refractivity contribution >= 4 is 23.3 Å². The third-order valence-electron chi connectivity index (χ3n) is 3.34. The molecule has 0 aliphatic carbocycles. The molecule has 1 fully saturated rings. The van der Waals surface area contributed by atoms with Crippen LogP contribution in [0, 0.1) is 0 Å². The van der Waals surface area contributed by atoms with E-state index in [9.17, 15) is 14.4 Å². The largest absolute Gasteiger partial charge is 0.475 e. The normalized spacial score (nSPS) is 19.1. The highest BCUT2D eigenvalue weighted by atomic mass is 16.4. The van der Waals surface area contributed by atoms with Crippen LogP contribution in [0.5, 0.6) is 0 Å². The molecule has 7 nitrogen and oxygen atoms in total. The van der Waals surface area contributed by atoms with Crippen molar-refractivity contribution in [1.29, 1.82) is 0 Å². The van der Waals surface area contributed by atoms with Crippen molar-refractivity contribution in [3.63, 3.8) is 0 Å². The Morgan fingerprint density at radius 1 is 1.40 bits per heavy atom. The van der Waals surface area contributed by atoms with Crippen molar-refractivity contribution < 1.29 is 19.5 Å². The summed E-state index contributed by atoms with van der Waals surface area (Å²) in [6.07, 6.45) is 2.15. The molecule has 1 aliphatic heterocycles. The maximum Gasteiger partial charge on any atom is 0.372 e. The van der Waals surface area contributed by atoms with Gasteiger partial charge in [0.2, 0.25) is 17.6 Å². The number of imidazole rings is 1. The minimum Gasteiger partial charge on any atom is -0.475 e. The topological polar surface area (TPSA) is 101 Å². The Labute approximate surface area is 113 Å². The van der Waals surface area contributed by atoms with Crippen LogP contribution in [-0.4, -0.2) is 32.3 Å². The SMILES string of the molecule is O=C1CCC(c2nc(C(=O)O)n3ccccc23)C(=O)N1. The number of carbonyl (C=O) groups excluding carboxylic acids is 2. The van der Waals surface area contributed by atoms with Crippen LogP contribution in [0.15, 0.2) is 24.4 Å². The number of carboxylic acid groups (broad SMARTS) is 1. The number of pyridine rings is 1. The van der Waals surface area contributed by atoms with Crippen LogP contribution < -0.4 is 5.32 Å². The lowest BCUT2D eigenvalue weighted by molar-refractivity contribution is -0.134. The summed E-state index contributed by atoms with van der Waals surface area (Å²) in [6.45, 7) is 0. The van der Waals surface area contributed by atoms with Crippen LogP contribution in [-0.2, 0) is 9.59 Å². The zero-order valence-electron chi connectivity index (χ0n) is 10.4. The molecular formula is C13H11N3O4. The lowest BCUT2D eigenvalue weighted by Gasteiger charge is -2.19. The third-order valence-corrected chi connectivity index (χ3v) is 3.34. The standard InChI is InChI=1S/C13H11N3O4/c17-9-5-4-7(12(18)14-9)10-8-3-1-2-6-16(8)11(15-10)13(19)20/h1-3,6-7H,4-5H2,(H,19,20)(H,14,17,18). The van der Waals surface area contributed by atoms with Gasteiger partial charge in [-0.25, -0.2) is 9.78 Å². The van der Waals surface area contributed by atoms with E-state index in [4.69, 9.17) is 5.11 Å². The second kappa shape index (κ2) is 4.44. The molecule has 20 heavy (non-hydrogen) atoms. The zero-order chi connectivity index (χ0) is 14.3. The number of nitrogens with one attached hydrogen (secondary N) is 1. The lowest BCUT2D eigenvalue weighted by Crippen LogP contribution is -2.39. The molecule has 2 N–H and O–H groups in total. The first kappa shape index (κ1) is 12.3. The number of carbonyl (C=O) groups is 3. The number of aromatic nitrogens is 2. The predicted molar refractivity (Wildman–Crippen MR) is 67.3 cm³/mol. The van der Waals surface area contributed by atoms with Gasteiger partial charge in [0.15, 0.2) is 0 Å². The number of carboxylic acids is 1. The van der Waals surface area contributed by atoms with Gasteiger partial charge < -0.3 is 5.11 Å². The van der Waals surface area contributed by atoms with Crippen molar-refractivity contribution in [2.24, 2.45) is 0 Å². The number of hydrogen-bond donors (Lipinski definition) is 2. The van der Waals surface area contributed by atoms with E-state index in [0.717, 1.165) is 0 Å². The summed E-state index contributed by atoms with van der Waals surface area (Å²) in [5.74, 6) is -2.64. The number of fused-ring (bicyclic) bond motifs is 1. The summed E-state index contributed by atoms with van der Waals surface area (Å²) in [5, 5.41) is 11.4. The molecule has 3 rings (SSSR count). The summed E-state index contributed by atoms with van der Waals surface area (Å²) >= 11 is 0. The summed E-state index contributed by atoms with van der Waals surface area (Å²) in [6, 6.07) is 5.14. The van der Waals surface area contributed by atoms with Gasteiger partial charge in [-0.1, -0.05) is 6.07 Å². The van der Waals surface area contributed by atoms with Crippen LogP contribution in [0.3, 0.4) is 0 Å². The summed E-state index contributed by atoms with van der Waals surface area (Å²) in [4.78, 5) is 38.4. The highest BCUT2D eigenvalue weighted by molar-refractivity contribution is 6.01. The molecule has 3 heterocycles. The van der Waals surface area contributed by atoms with Gasteiger partial charge in [-0.2, -0.15) is 0 Å². The molecule has 0 bridgehead atoms. The average Bonchev–Trinajstić information content (AvgIpc) is 2.78. The third kappa shape index (κ3) is 1.83. The second-order valence-corrected chi connectivity index (χ2v) is 4.59. The van der Waals surface area contributed by atoms with E-state index in [1.54, 1.807) is 24.4 Å². The Balaban J connectivity index is 2.14. The van der Waals surface area contributed by atoms with E-state index in [2.05, 4.69) is 10.3 Å². The van der Waals surface area contributed by atoms with Crippen molar-refractivity contribution in [3.8, 4) is 0 Å². The van der Waals surface area contributed by atoms with Crippen molar-refractivity contribution in [1.82, 2.24) is 14.7 Å². The molecule has 0 radical (unpaired) electrons. The minimum absolute atomic E-state index is 0.139. The second-order valence-electron chi connectivity index (χ2n) is 4.59. The molecule has 0 aromatic carbocycles. The van der Waals surface area contributed by atoms with Gasteiger partial charge in [0.1, 0.15) is 0 Å². The molecule has 1 atom stereocenters. The highest BCUT2D eigenvalue weighted by Gasteiger charge is 2.32. The number of hydrogen-bond acceptors (Lipinski definition) is 4. The molecule has 2 amide bonds. The molecule has 102 valence electrons. The Kier molecular flexibility index (Phi) is 2.74. The van der Waals surface area contributed by atoms with Gasteiger partial charge in [0, 0.05) is 12.6 Å². The number of aromatic carboxylic acids is 1.